The molecule has 0 aliphatic carbocycles. The molecular weight excluding hydrogens is 244 g/mol. The fourth-order valence-electron chi connectivity index (χ4n) is 2.19. The number of ether oxygens (including phenoxy) is 1. The lowest BCUT2D eigenvalue weighted by molar-refractivity contribution is -0.123. The van der Waals surface area contributed by atoms with Crippen LogP contribution in [0.4, 0.5) is 4.79 Å². The average Bonchev–Trinajstić information content (AvgIpc) is 2.64. The van der Waals surface area contributed by atoms with Crippen LogP contribution in [0, 0.1) is 0 Å². The van der Waals surface area contributed by atoms with Gasteiger partial charge in [-0.2, -0.15) is 0 Å². The Morgan fingerprint density at radius 1 is 1.21 bits per heavy atom. The van der Waals surface area contributed by atoms with Crippen molar-refractivity contribution in [1.82, 2.24) is 10.6 Å². The van der Waals surface area contributed by atoms with Gasteiger partial charge in [0, 0.05) is 0 Å². The van der Waals surface area contributed by atoms with Gasteiger partial charge >= 0.3 is 6.03 Å². The van der Waals surface area contributed by atoms with Crippen molar-refractivity contribution in [3.8, 4) is 5.75 Å². The Kier molecular flexibility index (Phi) is 3.74. The maximum atomic E-state index is 11.6. The van der Waals surface area contributed by atoms with Gasteiger partial charge in [-0.1, -0.05) is 12.1 Å². The summed E-state index contributed by atoms with van der Waals surface area (Å²) >= 11 is 0. The molecule has 2 N–H and O–H groups in total. The predicted molar refractivity (Wildman–Crippen MR) is 71.0 cm³/mol. The van der Waals surface area contributed by atoms with Crippen LogP contribution in [0.25, 0.3) is 0 Å². The van der Waals surface area contributed by atoms with Crippen LogP contribution >= 0.6 is 0 Å². The minimum atomic E-state index is -0.774. The second-order valence-electron chi connectivity index (χ2n) is 4.94. The number of aryl methyl sites for hydroxylation is 1. The van der Waals surface area contributed by atoms with Crippen LogP contribution in [0.1, 0.15) is 25.3 Å². The molecule has 0 saturated carbocycles. The number of rotatable bonds is 5. The first-order chi connectivity index (χ1) is 9.03. The topological polar surface area (TPSA) is 67.4 Å². The number of carbonyl (C=O) groups is 2. The van der Waals surface area contributed by atoms with E-state index in [-0.39, 0.29) is 5.91 Å². The number of benzene rings is 1. The van der Waals surface area contributed by atoms with Crippen LogP contribution in [-0.2, 0) is 11.2 Å². The van der Waals surface area contributed by atoms with Crippen LogP contribution in [-0.4, -0.2) is 24.6 Å². The zero-order valence-electron chi connectivity index (χ0n) is 11.2. The summed E-state index contributed by atoms with van der Waals surface area (Å²) in [5, 5.41) is 4.93. The molecule has 0 aromatic heterocycles. The van der Waals surface area contributed by atoms with Crippen molar-refractivity contribution < 1.29 is 14.3 Å². The number of carbonyl (C=O) groups excluding carboxylic acids is 2. The van der Waals surface area contributed by atoms with Gasteiger partial charge in [-0.05, 0) is 43.9 Å². The average molecular weight is 262 g/mol. The Labute approximate surface area is 112 Å². The van der Waals surface area contributed by atoms with Crippen molar-refractivity contribution in [3.05, 3.63) is 29.8 Å². The van der Waals surface area contributed by atoms with Gasteiger partial charge in [0.05, 0.1) is 7.11 Å². The largest absolute Gasteiger partial charge is 0.497 e. The summed E-state index contributed by atoms with van der Waals surface area (Å²) in [6.07, 6.45) is 2.32. The van der Waals surface area contributed by atoms with E-state index >= 15 is 0 Å². The van der Waals surface area contributed by atoms with Crippen LogP contribution in [0.3, 0.4) is 0 Å². The molecule has 1 aromatic rings. The van der Waals surface area contributed by atoms with E-state index in [4.69, 9.17) is 4.74 Å². The van der Waals surface area contributed by atoms with Crippen molar-refractivity contribution in [2.24, 2.45) is 0 Å². The van der Waals surface area contributed by atoms with Crippen molar-refractivity contribution in [2.75, 3.05) is 7.11 Å². The highest BCUT2D eigenvalue weighted by molar-refractivity contribution is 6.06. The molecule has 1 aliphatic rings. The molecule has 0 radical (unpaired) electrons. The number of imide groups is 1. The molecule has 19 heavy (non-hydrogen) atoms. The van der Waals surface area contributed by atoms with Gasteiger partial charge in [-0.3, -0.25) is 10.1 Å². The standard InChI is InChI=1S/C14H18N2O3/c1-14(12(17)15-13(18)16-14)9-3-4-10-5-7-11(19-2)8-6-10/h5-8H,3-4,9H2,1-2H3,(H2,15,16,17,18). The molecule has 1 aromatic carbocycles. The van der Waals surface area contributed by atoms with Crippen LogP contribution in [0.2, 0.25) is 0 Å². The fourth-order valence-corrected chi connectivity index (χ4v) is 2.19. The number of nitrogens with one attached hydrogen (secondary N) is 2. The van der Waals surface area contributed by atoms with E-state index in [1.54, 1.807) is 14.0 Å². The highest BCUT2D eigenvalue weighted by Gasteiger charge is 2.40. The number of methoxy groups -OCH3 is 1. The van der Waals surface area contributed by atoms with Gasteiger partial charge in [0.25, 0.3) is 5.91 Å². The number of amides is 3. The molecule has 0 bridgehead atoms. The highest BCUT2D eigenvalue weighted by atomic mass is 16.5. The molecule has 102 valence electrons. The van der Waals surface area contributed by atoms with Crippen LogP contribution in [0.5, 0.6) is 5.75 Å². The first-order valence-electron chi connectivity index (χ1n) is 6.30. The third-order valence-corrected chi connectivity index (χ3v) is 3.42. The molecule has 1 unspecified atom stereocenters. The zero-order chi connectivity index (χ0) is 13.9. The molecule has 0 spiro atoms. The van der Waals surface area contributed by atoms with Crippen LogP contribution in [0.15, 0.2) is 24.3 Å². The molecule has 1 atom stereocenters. The molecule has 3 amide bonds. The van der Waals surface area contributed by atoms with E-state index in [2.05, 4.69) is 10.6 Å². The lowest BCUT2D eigenvalue weighted by Gasteiger charge is -2.20. The Morgan fingerprint density at radius 2 is 1.89 bits per heavy atom. The molecule has 5 heteroatoms. The van der Waals surface area contributed by atoms with Gasteiger partial charge in [-0.15, -0.1) is 0 Å². The Hall–Kier alpha value is -2.04. The van der Waals surface area contributed by atoms with Crippen molar-refractivity contribution >= 4 is 11.9 Å². The van der Waals surface area contributed by atoms with Gasteiger partial charge < -0.3 is 10.1 Å². The maximum absolute atomic E-state index is 11.6. The SMILES string of the molecule is COc1ccc(CCCC2(C)NC(=O)NC2=O)cc1. The third kappa shape index (κ3) is 3.05. The Balaban J connectivity index is 1.86. The summed E-state index contributed by atoms with van der Waals surface area (Å²) in [5.41, 5.74) is 0.415. The highest BCUT2D eigenvalue weighted by Crippen LogP contribution is 2.19. The van der Waals surface area contributed by atoms with Gasteiger partial charge in [0.2, 0.25) is 0 Å². The Bertz CT molecular complexity index is 484. The number of urea groups is 1. The van der Waals surface area contributed by atoms with Gasteiger partial charge in [0.1, 0.15) is 11.3 Å². The number of hydrogen-bond donors (Lipinski definition) is 2. The minimum Gasteiger partial charge on any atom is -0.497 e. The van der Waals surface area contributed by atoms with E-state index < -0.39 is 11.6 Å². The van der Waals surface area contributed by atoms with Gasteiger partial charge in [-0.25, -0.2) is 4.79 Å². The summed E-state index contributed by atoms with van der Waals surface area (Å²) in [6, 6.07) is 7.45. The summed E-state index contributed by atoms with van der Waals surface area (Å²) in [4.78, 5) is 22.7. The van der Waals surface area contributed by atoms with E-state index in [0.29, 0.717) is 6.42 Å². The fraction of sp³-hybridized carbons (Fsp3) is 0.429. The van der Waals surface area contributed by atoms with E-state index in [1.165, 1.54) is 5.56 Å². The van der Waals surface area contributed by atoms with E-state index in [0.717, 1.165) is 18.6 Å². The quantitative estimate of drug-likeness (QED) is 0.792. The molecule has 5 nitrogen and oxygen atoms in total. The van der Waals surface area contributed by atoms with Crippen molar-refractivity contribution in [3.63, 3.8) is 0 Å². The molecule has 2 rings (SSSR count). The van der Waals surface area contributed by atoms with Crippen LogP contribution < -0.4 is 15.4 Å². The number of hydrogen-bond acceptors (Lipinski definition) is 3. The smallest absolute Gasteiger partial charge is 0.322 e. The molecule has 1 fully saturated rings. The molecule has 1 saturated heterocycles. The molecular formula is C14H18N2O3. The summed E-state index contributed by atoms with van der Waals surface area (Å²) in [6.45, 7) is 1.75. The maximum Gasteiger partial charge on any atom is 0.322 e. The lowest BCUT2D eigenvalue weighted by Crippen LogP contribution is -2.43. The van der Waals surface area contributed by atoms with Crippen molar-refractivity contribution in [1.29, 1.82) is 0 Å². The monoisotopic (exact) mass is 262 g/mol. The summed E-state index contributed by atoms with van der Waals surface area (Å²) < 4.78 is 5.10. The van der Waals surface area contributed by atoms with Gasteiger partial charge in [0.15, 0.2) is 0 Å². The lowest BCUT2D eigenvalue weighted by atomic mass is 9.94. The molecule has 1 aliphatic heterocycles. The molecule has 1 heterocycles. The van der Waals surface area contributed by atoms with E-state index in [1.807, 2.05) is 24.3 Å². The normalized spacial score (nSPS) is 22.0. The van der Waals surface area contributed by atoms with Crippen molar-refractivity contribution in [2.45, 2.75) is 31.7 Å². The zero-order valence-corrected chi connectivity index (χ0v) is 11.2. The second-order valence-corrected chi connectivity index (χ2v) is 4.94. The third-order valence-electron chi connectivity index (χ3n) is 3.42. The summed E-state index contributed by atoms with van der Waals surface area (Å²) in [7, 11) is 1.64. The second kappa shape index (κ2) is 5.30. The van der Waals surface area contributed by atoms with E-state index in [9.17, 15) is 9.59 Å². The first-order valence-corrected chi connectivity index (χ1v) is 6.30. The predicted octanol–water partition coefficient (Wildman–Crippen LogP) is 1.62. The summed E-state index contributed by atoms with van der Waals surface area (Å²) in [5.74, 6) is 0.588. The first kappa shape index (κ1) is 13.4. The Morgan fingerprint density at radius 3 is 2.42 bits per heavy atom. The minimum absolute atomic E-state index is 0.243.